The third-order valence-corrected chi connectivity index (χ3v) is 4.53. The number of benzene rings is 1. The first-order chi connectivity index (χ1) is 8.76. The third-order valence-electron chi connectivity index (χ3n) is 2.84. The predicted molar refractivity (Wildman–Crippen MR) is 80.9 cm³/mol. The number of halogens is 1. The average Bonchev–Trinajstić information content (AvgIpc) is 2.33. The van der Waals surface area contributed by atoms with Gasteiger partial charge in [0.05, 0.1) is 11.8 Å². The molecule has 1 atom stereocenters. The minimum Gasteiger partial charge on any atom is -0.212 e. The minimum absolute atomic E-state index is 0.0654. The Morgan fingerprint density at radius 2 is 1.79 bits per heavy atom. The molecule has 1 rings (SSSR count). The van der Waals surface area contributed by atoms with E-state index >= 15 is 0 Å². The Labute approximate surface area is 121 Å². The van der Waals surface area contributed by atoms with Gasteiger partial charge in [0.25, 0.3) is 0 Å². The smallest absolute Gasteiger partial charge is 0.212 e. The molecule has 19 heavy (non-hydrogen) atoms. The van der Waals surface area contributed by atoms with Crippen LogP contribution in [0.3, 0.4) is 0 Å². The highest BCUT2D eigenvalue weighted by Gasteiger charge is 2.29. The Morgan fingerprint density at radius 3 is 2.26 bits per heavy atom. The van der Waals surface area contributed by atoms with Crippen molar-refractivity contribution in [3.05, 3.63) is 35.9 Å². The van der Waals surface area contributed by atoms with Crippen molar-refractivity contribution in [2.75, 3.05) is 11.6 Å². The monoisotopic (exact) mass is 303 g/mol. The van der Waals surface area contributed by atoms with Crippen molar-refractivity contribution >= 4 is 21.6 Å². The van der Waals surface area contributed by atoms with Gasteiger partial charge in [-0.1, -0.05) is 51.1 Å². The van der Waals surface area contributed by atoms with Gasteiger partial charge >= 0.3 is 0 Å². The van der Waals surface area contributed by atoms with E-state index in [1.165, 1.54) is 0 Å². The van der Waals surface area contributed by atoms with Gasteiger partial charge in [0.15, 0.2) is 0 Å². The second-order valence-electron chi connectivity index (χ2n) is 5.69. The number of hydrogen-bond acceptors (Lipinski definition) is 2. The van der Waals surface area contributed by atoms with Crippen LogP contribution < -0.4 is 4.72 Å². The van der Waals surface area contributed by atoms with Crippen LogP contribution in [0.25, 0.3) is 0 Å². The zero-order chi connectivity index (χ0) is 14.5. The van der Waals surface area contributed by atoms with E-state index in [1.807, 2.05) is 51.1 Å². The SMILES string of the molecule is CC(C)(C)C(NS(=O)(=O)CCCCl)c1ccccc1. The van der Waals surface area contributed by atoms with Crippen molar-refractivity contribution < 1.29 is 8.42 Å². The van der Waals surface area contributed by atoms with Crippen LogP contribution in [0.15, 0.2) is 30.3 Å². The van der Waals surface area contributed by atoms with Gasteiger partial charge in [0.2, 0.25) is 10.0 Å². The topological polar surface area (TPSA) is 46.2 Å². The van der Waals surface area contributed by atoms with Crippen molar-refractivity contribution in [3.63, 3.8) is 0 Å². The number of nitrogens with one attached hydrogen (secondary N) is 1. The molecule has 0 spiro atoms. The summed E-state index contributed by atoms with van der Waals surface area (Å²) in [6.45, 7) is 6.07. The molecule has 1 N–H and O–H groups in total. The second-order valence-corrected chi connectivity index (χ2v) is 7.94. The third kappa shape index (κ3) is 5.51. The molecule has 0 heterocycles. The molecule has 0 saturated heterocycles. The van der Waals surface area contributed by atoms with Gasteiger partial charge < -0.3 is 0 Å². The first-order valence-corrected chi connectivity index (χ1v) is 8.56. The molecular formula is C14H22ClNO2S. The highest BCUT2D eigenvalue weighted by atomic mass is 35.5. The van der Waals surface area contributed by atoms with Crippen molar-refractivity contribution in [2.24, 2.45) is 5.41 Å². The Morgan fingerprint density at radius 1 is 1.21 bits per heavy atom. The van der Waals surface area contributed by atoms with E-state index in [1.54, 1.807) is 0 Å². The van der Waals surface area contributed by atoms with Gasteiger partial charge in [0, 0.05) is 5.88 Å². The lowest BCUT2D eigenvalue weighted by molar-refractivity contribution is 0.304. The predicted octanol–water partition coefficient (Wildman–Crippen LogP) is 3.32. The molecule has 3 nitrogen and oxygen atoms in total. The van der Waals surface area contributed by atoms with Gasteiger partial charge in [-0.25, -0.2) is 13.1 Å². The Balaban J connectivity index is 2.95. The molecule has 0 aliphatic carbocycles. The molecule has 0 bridgehead atoms. The summed E-state index contributed by atoms with van der Waals surface area (Å²) in [4.78, 5) is 0. The highest BCUT2D eigenvalue weighted by molar-refractivity contribution is 7.89. The van der Waals surface area contributed by atoms with Crippen molar-refractivity contribution in [2.45, 2.75) is 33.2 Å². The Kier molecular flexibility index (Phi) is 5.83. The summed E-state index contributed by atoms with van der Waals surface area (Å²) in [7, 11) is -3.31. The average molecular weight is 304 g/mol. The summed E-state index contributed by atoms with van der Waals surface area (Å²) in [5.74, 6) is 0.419. The summed E-state index contributed by atoms with van der Waals surface area (Å²) < 4.78 is 26.9. The number of sulfonamides is 1. The summed E-state index contributed by atoms with van der Waals surface area (Å²) in [5.41, 5.74) is 0.777. The molecule has 1 unspecified atom stereocenters. The number of rotatable bonds is 6. The molecule has 1 aromatic carbocycles. The van der Waals surface area contributed by atoms with Gasteiger partial charge in [-0.2, -0.15) is 0 Å². The van der Waals surface area contributed by atoms with E-state index in [-0.39, 0.29) is 17.2 Å². The van der Waals surface area contributed by atoms with Crippen LogP contribution in [0.2, 0.25) is 0 Å². The molecule has 108 valence electrons. The quantitative estimate of drug-likeness (QED) is 0.819. The maximum absolute atomic E-state index is 12.1. The highest BCUT2D eigenvalue weighted by Crippen LogP contribution is 2.33. The van der Waals surface area contributed by atoms with Crippen molar-refractivity contribution in [3.8, 4) is 0 Å². The molecule has 0 aliphatic rings. The number of alkyl halides is 1. The molecule has 0 aliphatic heterocycles. The van der Waals surface area contributed by atoms with Crippen LogP contribution in [0.5, 0.6) is 0 Å². The van der Waals surface area contributed by atoms with E-state index in [0.29, 0.717) is 12.3 Å². The zero-order valence-electron chi connectivity index (χ0n) is 11.7. The summed E-state index contributed by atoms with van der Waals surface area (Å²) in [6.07, 6.45) is 0.461. The van der Waals surface area contributed by atoms with Crippen LogP contribution in [-0.4, -0.2) is 20.1 Å². The zero-order valence-corrected chi connectivity index (χ0v) is 13.3. The summed E-state index contributed by atoms with van der Waals surface area (Å²) >= 11 is 5.56. The largest absolute Gasteiger partial charge is 0.212 e. The van der Waals surface area contributed by atoms with E-state index in [0.717, 1.165) is 5.56 Å². The number of hydrogen-bond donors (Lipinski definition) is 1. The lowest BCUT2D eigenvalue weighted by Gasteiger charge is -2.31. The summed E-state index contributed by atoms with van der Waals surface area (Å²) in [5, 5.41) is 0. The molecule has 0 radical (unpaired) electrons. The van der Waals surface area contributed by atoms with Gasteiger partial charge in [-0.3, -0.25) is 0 Å². The minimum atomic E-state index is -3.31. The van der Waals surface area contributed by atoms with E-state index < -0.39 is 10.0 Å². The van der Waals surface area contributed by atoms with Crippen molar-refractivity contribution in [1.82, 2.24) is 4.72 Å². The fourth-order valence-electron chi connectivity index (χ4n) is 1.87. The molecule has 1 aromatic rings. The van der Waals surface area contributed by atoms with Crippen LogP contribution in [0, 0.1) is 5.41 Å². The lowest BCUT2D eigenvalue weighted by atomic mass is 9.83. The van der Waals surface area contributed by atoms with Crippen LogP contribution in [-0.2, 0) is 10.0 Å². The standard InChI is InChI=1S/C14H22ClNO2S/c1-14(2,3)13(12-8-5-4-6-9-12)16-19(17,18)11-7-10-15/h4-6,8-9,13,16H,7,10-11H2,1-3H3. The van der Waals surface area contributed by atoms with Crippen LogP contribution >= 0.6 is 11.6 Å². The Hall–Kier alpha value is -0.580. The first kappa shape index (κ1) is 16.5. The second kappa shape index (κ2) is 6.73. The fourth-order valence-corrected chi connectivity index (χ4v) is 3.66. The van der Waals surface area contributed by atoms with E-state index in [9.17, 15) is 8.42 Å². The van der Waals surface area contributed by atoms with Crippen molar-refractivity contribution in [1.29, 1.82) is 0 Å². The molecule has 5 heteroatoms. The molecule has 0 saturated carbocycles. The van der Waals surface area contributed by atoms with Crippen LogP contribution in [0.4, 0.5) is 0 Å². The summed E-state index contributed by atoms with van der Waals surface area (Å²) in [6, 6.07) is 9.40. The normalized spacial score (nSPS) is 14.3. The van der Waals surface area contributed by atoms with Gasteiger partial charge in [0.1, 0.15) is 0 Å². The first-order valence-electron chi connectivity index (χ1n) is 6.37. The van der Waals surface area contributed by atoms with E-state index in [2.05, 4.69) is 4.72 Å². The molecule has 0 fully saturated rings. The lowest BCUT2D eigenvalue weighted by Crippen LogP contribution is -2.37. The fraction of sp³-hybridized carbons (Fsp3) is 0.571. The van der Waals surface area contributed by atoms with Crippen LogP contribution in [0.1, 0.15) is 38.8 Å². The molecule has 0 aromatic heterocycles. The molecule has 0 amide bonds. The maximum Gasteiger partial charge on any atom is 0.212 e. The van der Waals surface area contributed by atoms with Gasteiger partial charge in [-0.15, -0.1) is 11.6 Å². The maximum atomic E-state index is 12.1. The van der Waals surface area contributed by atoms with Gasteiger partial charge in [-0.05, 0) is 17.4 Å². The Bertz CT molecular complexity index is 480. The van der Waals surface area contributed by atoms with E-state index in [4.69, 9.17) is 11.6 Å². The molecular weight excluding hydrogens is 282 g/mol.